The summed E-state index contributed by atoms with van der Waals surface area (Å²) in [6.07, 6.45) is 0. The third-order valence-electron chi connectivity index (χ3n) is 12.1. The van der Waals surface area contributed by atoms with Gasteiger partial charge in [0.1, 0.15) is 0 Å². The Morgan fingerprint density at radius 3 is 0.884 bits per heavy atom. The van der Waals surface area contributed by atoms with E-state index in [0.717, 1.165) is 51.2 Å². The molecule has 10 rings (SSSR count). The molecule has 0 saturated heterocycles. The van der Waals surface area contributed by atoms with Gasteiger partial charge in [-0.1, -0.05) is 146 Å². The van der Waals surface area contributed by atoms with Crippen LogP contribution >= 0.6 is 0 Å². The molecule has 0 unspecified atom stereocenters. The molecule has 6 nitrogen and oxygen atoms in total. The van der Waals surface area contributed by atoms with Crippen LogP contribution in [0.4, 0.5) is 56.9 Å². The van der Waals surface area contributed by atoms with Crippen LogP contribution in [0.2, 0.25) is 0 Å². The summed E-state index contributed by atoms with van der Waals surface area (Å²) in [7, 11) is 0. The monoisotopic (exact) mass is 882 g/mol. The smallest absolute Gasteiger partial charge is 0.205 e. The maximum Gasteiger partial charge on any atom is 0.205 e. The number of anilines is 9. The summed E-state index contributed by atoms with van der Waals surface area (Å²) in [5.41, 5.74) is 12.6. The van der Waals surface area contributed by atoms with E-state index in [0.29, 0.717) is 33.4 Å². The standard InChI is InChI=1S/C63H42N6/c1-66-63-61(47-37-41-56(42-38-47)68(51-26-12-4-13-27-51)52-28-14-5-15-29-52)58(44-64)60(46-35-39-55(40-36-46)67(49-22-8-2-9-23-49)50-24-10-3-11-25-50)59(45-65)62(63)48-21-20-34-57(43-48)69(53-30-16-6-17-31-53)54-32-18-7-19-33-54/h2-43H. The largest absolute Gasteiger partial charge is 0.311 e. The molecule has 0 aliphatic rings. The van der Waals surface area contributed by atoms with E-state index in [9.17, 15) is 10.5 Å². The van der Waals surface area contributed by atoms with Crippen LogP contribution in [0.15, 0.2) is 255 Å². The highest BCUT2D eigenvalue weighted by Gasteiger charge is 2.28. The first-order valence-electron chi connectivity index (χ1n) is 22.6. The summed E-state index contributed by atoms with van der Waals surface area (Å²) in [5, 5.41) is 22.8. The van der Waals surface area contributed by atoms with Crippen LogP contribution in [-0.2, 0) is 0 Å². The van der Waals surface area contributed by atoms with Gasteiger partial charge in [0.2, 0.25) is 5.69 Å². The third kappa shape index (κ3) is 8.56. The molecule has 0 aromatic heterocycles. The lowest BCUT2D eigenvalue weighted by Crippen LogP contribution is -2.10. The summed E-state index contributed by atoms with van der Waals surface area (Å²) in [5.74, 6) is 0. The van der Waals surface area contributed by atoms with Crippen molar-refractivity contribution in [1.29, 1.82) is 10.5 Å². The molecule has 0 bridgehead atoms. The van der Waals surface area contributed by atoms with E-state index in [1.54, 1.807) is 0 Å². The summed E-state index contributed by atoms with van der Waals surface area (Å²) in [4.78, 5) is 10.7. The van der Waals surface area contributed by atoms with Crippen LogP contribution < -0.4 is 14.7 Å². The lowest BCUT2D eigenvalue weighted by molar-refractivity contribution is 1.28. The Bertz CT molecular complexity index is 3210. The molecule has 0 saturated carbocycles. The van der Waals surface area contributed by atoms with Crippen molar-refractivity contribution in [2.24, 2.45) is 0 Å². The fourth-order valence-corrected chi connectivity index (χ4v) is 9.08. The third-order valence-corrected chi connectivity index (χ3v) is 12.1. The molecule has 0 amide bonds. The van der Waals surface area contributed by atoms with Crippen molar-refractivity contribution in [2.75, 3.05) is 14.7 Å². The van der Waals surface area contributed by atoms with Crippen LogP contribution in [0.5, 0.6) is 0 Å². The van der Waals surface area contributed by atoms with Crippen molar-refractivity contribution in [1.82, 2.24) is 0 Å². The number of hydrogen-bond donors (Lipinski definition) is 0. The second-order valence-electron chi connectivity index (χ2n) is 16.2. The average Bonchev–Trinajstić information content (AvgIpc) is 3.42. The fourth-order valence-electron chi connectivity index (χ4n) is 9.08. The quantitative estimate of drug-likeness (QED) is 0.114. The Morgan fingerprint density at radius 2 is 0.565 bits per heavy atom. The summed E-state index contributed by atoms with van der Waals surface area (Å²) < 4.78 is 0. The van der Waals surface area contributed by atoms with Gasteiger partial charge in [-0.25, -0.2) is 4.85 Å². The van der Waals surface area contributed by atoms with E-state index < -0.39 is 0 Å². The molecule has 0 radical (unpaired) electrons. The first-order valence-corrected chi connectivity index (χ1v) is 22.6. The summed E-state index contributed by atoms with van der Waals surface area (Å²) in [6, 6.07) is 89.9. The van der Waals surface area contributed by atoms with Crippen LogP contribution in [0.25, 0.3) is 38.2 Å². The number of nitrogens with zero attached hydrogens (tertiary/aromatic N) is 6. The van der Waals surface area contributed by atoms with Gasteiger partial charge in [0.05, 0.1) is 29.8 Å². The number of para-hydroxylation sites is 6. The van der Waals surface area contributed by atoms with Crippen molar-refractivity contribution < 1.29 is 0 Å². The van der Waals surface area contributed by atoms with E-state index in [-0.39, 0.29) is 16.8 Å². The molecule has 10 aromatic carbocycles. The average molecular weight is 883 g/mol. The second kappa shape index (κ2) is 19.7. The molecule has 0 aliphatic heterocycles. The highest BCUT2D eigenvalue weighted by Crippen LogP contribution is 2.51. The predicted octanol–water partition coefficient (Wildman–Crippen LogP) is 17.4. The van der Waals surface area contributed by atoms with Gasteiger partial charge in [-0.2, -0.15) is 10.5 Å². The highest BCUT2D eigenvalue weighted by molar-refractivity contribution is 6.04. The molecule has 0 spiro atoms. The Kier molecular flexibility index (Phi) is 12.3. The maximum absolute atomic E-state index is 11.4. The SMILES string of the molecule is [C-]#[N+]c1c(-c2ccc(N(c3ccccc3)c3ccccc3)cc2)c(C#N)c(-c2ccc(N(c3ccccc3)c3ccccc3)cc2)c(C#N)c1-c1cccc(N(c2ccccc2)c2ccccc2)c1. The van der Waals surface area contributed by atoms with Crippen molar-refractivity contribution in [3.05, 3.63) is 277 Å². The Labute approximate surface area is 403 Å². The van der Waals surface area contributed by atoms with E-state index in [1.807, 2.05) is 182 Å². The van der Waals surface area contributed by atoms with Crippen LogP contribution in [0.3, 0.4) is 0 Å². The number of rotatable bonds is 12. The molecular weight excluding hydrogens is 841 g/mol. The van der Waals surface area contributed by atoms with Gasteiger partial charge in [-0.05, 0) is 126 Å². The minimum atomic E-state index is 0.224. The minimum Gasteiger partial charge on any atom is -0.311 e. The van der Waals surface area contributed by atoms with Gasteiger partial charge < -0.3 is 14.7 Å². The molecule has 0 fully saturated rings. The molecular formula is C63H42N6. The highest BCUT2D eigenvalue weighted by atomic mass is 15.2. The van der Waals surface area contributed by atoms with Crippen molar-refractivity contribution in [2.45, 2.75) is 0 Å². The van der Waals surface area contributed by atoms with Crippen LogP contribution in [-0.4, -0.2) is 0 Å². The van der Waals surface area contributed by atoms with E-state index in [1.165, 1.54) is 0 Å². The number of benzene rings is 10. The first kappa shape index (κ1) is 43.0. The lowest BCUT2D eigenvalue weighted by Gasteiger charge is -2.27. The fraction of sp³-hybridized carbons (Fsp3) is 0. The molecule has 69 heavy (non-hydrogen) atoms. The van der Waals surface area contributed by atoms with Crippen LogP contribution in [0.1, 0.15) is 11.1 Å². The molecule has 0 atom stereocenters. The maximum atomic E-state index is 11.4. The Balaban J connectivity index is 1.20. The van der Waals surface area contributed by atoms with Crippen LogP contribution in [0, 0.1) is 29.2 Å². The normalized spacial score (nSPS) is 10.6. The summed E-state index contributed by atoms with van der Waals surface area (Å²) >= 11 is 0. The molecule has 10 aromatic rings. The van der Waals surface area contributed by atoms with Gasteiger partial charge >= 0.3 is 0 Å². The van der Waals surface area contributed by atoms with Crippen molar-refractivity contribution >= 4 is 56.9 Å². The van der Waals surface area contributed by atoms with E-state index in [4.69, 9.17) is 6.57 Å². The molecule has 6 heteroatoms. The topological polar surface area (TPSA) is 61.7 Å². The van der Waals surface area contributed by atoms with Crippen molar-refractivity contribution in [3.63, 3.8) is 0 Å². The Hall–Kier alpha value is -9.93. The zero-order valence-electron chi connectivity index (χ0n) is 37.4. The lowest BCUT2D eigenvalue weighted by atomic mass is 9.82. The molecule has 0 heterocycles. The summed E-state index contributed by atoms with van der Waals surface area (Å²) in [6.45, 7) is 8.91. The van der Waals surface area contributed by atoms with Gasteiger partial charge in [-0.15, -0.1) is 0 Å². The number of hydrogen-bond acceptors (Lipinski definition) is 5. The van der Waals surface area contributed by atoms with Gasteiger partial charge in [0.15, 0.2) is 0 Å². The zero-order chi connectivity index (χ0) is 46.9. The van der Waals surface area contributed by atoms with Gasteiger partial charge in [0, 0.05) is 67.9 Å². The molecule has 0 aliphatic carbocycles. The number of nitriles is 2. The van der Waals surface area contributed by atoms with E-state index in [2.05, 4.69) is 104 Å². The second-order valence-corrected chi connectivity index (χ2v) is 16.2. The van der Waals surface area contributed by atoms with Crippen molar-refractivity contribution in [3.8, 4) is 45.5 Å². The van der Waals surface area contributed by atoms with E-state index >= 15 is 0 Å². The predicted molar refractivity (Wildman–Crippen MR) is 282 cm³/mol. The van der Waals surface area contributed by atoms with Gasteiger partial charge in [-0.3, -0.25) is 0 Å². The molecule has 0 N–H and O–H groups in total. The zero-order valence-corrected chi connectivity index (χ0v) is 37.4. The van der Waals surface area contributed by atoms with Gasteiger partial charge in [0.25, 0.3) is 0 Å². The first-order chi connectivity index (χ1) is 34.1. The molecule has 324 valence electrons. The minimum absolute atomic E-state index is 0.224. The Morgan fingerprint density at radius 1 is 0.290 bits per heavy atom.